The van der Waals surface area contributed by atoms with Crippen molar-refractivity contribution in [1.82, 2.24) is 0 Å². The van der Waals surface area contributed by atoms with Gasteiger partial charge >= 0.3 is 0 Å². The molecule has 1 aliphatic carbocycles. The highest BCUT2D eigenvalue weighted by atomic mass is 19.1. The van der Waals surface area contributed by atoms with E-state index in [1.165, 1.54) is 7.11 Å². The van der Waals surface area contributed by atoms with Crippen molar-refractivity contribution in [2.45, 2.75) is 31.3 Å². The Labute approximate surface area is 98.6 Å². The molecule has 1 aliphatic rings. The Morgan fingerprint density at radius 1 is 1.29 bits per heavy atom. The van der Waals surface area contributed by atoms with Gasteiger partial charge in [-0.05, 0) is 43.9 Å². The number of benzene rings is 1. The molecule has 1 aromatic carbocycles. The molecule has 0 spiro atoms. The summed E-state index contributed by atoms with van der Waals surface area (Å²) in [5, 5.41) is 0. The summed E-state index contributed by atoms with van der Waals surface area (Å²) in [7, 11) is 1.44. The van der Waals surface area contributed by atoms with Crippen LogP contribution in [0.3, 0.4) is 0 Å². The molecule has 0 unspecified atom stereocenters. The molecule has 1 fully saturated rings. The summed E-state index contributed by atoms with van der Waals surface area (Å²) >= 11 is 0. The standard InChI is InChI=1S/C13H14F2O2/c1-17-13(6-2-3-7-13)12(16)10-8-9(14)4-5-11(10)15/h4-5,8H,2-3,6-7H2,1H3. The third-order valence-corrected chi connectivity index (χ3v) is 3.39. The predicted molar refractivity (Wildman–Crippen MR) is 58.9 cm³/mol. The van der Waals surface area contributed by atoms with Gasteiger partial charge in [0.25, 0.3) is 0 Å². The Hall–Kier alpha value is -1.29. The minimum Gasteiger partial charge on any atom is -0.370 e. The van der Waals surface area contributed by atoms with E-state index in [0.717, 1.165) is 31.0 Å². The van der Waals surface area contributed by atoms with Gasteiger partial charge in [0.05, 0.1) is 5.56 Å². The van der Waals surface area contributed by atoms with E-state index in [0.29, 0.717) is 12.8 Å². The lowest BCUT2D eigenvalue weighted by Crippen LogP contribution is -2.38. The summed E-state index contributed by atoms with van der Waals surface area (Å²) in [6, 6.07) is 2.91. The summed E-state index contributed by atoms with van der Waals surface area (Å²) in [4.78, 5) is 12.2. The third-order valence-electron chi connectivity index (χ3n) is 3.39. The van der Waals surface area contributed by atoms with Crippen molar-refractivity contribution in [3.63, 3.8) is 0 Å². The topological polar surface area (TPSA) is 26.3 Å². The molecule has 0 saturated heterocycles. The molecule has 17 heavy (non-hydrogen) atoms. The van der Waals surface area contributed by atoms with Crippen molar-refractivity contribution < 1.29 is 18.3 Å². The Kier molecular flexibility index (Phi) is 3.24. The molecule has 2 rings (SSSR count). The molecule has 0 aromatic heterocycles. The SMILES string of the molecule is COC1(C(=O)c2cc(F)ccc2F)CCCC1. The van der Waals surface area contributed by atoms with Gasteiger partial charge in [-0.1, -0.05) is 0 Å². The molecule has 1 saturated carbocycles. The lowest BCUT2D eigenvalue weighted by atomic mass is 9.90. The van der Waals surface area contributed by atoms with Gasteiger partial charge in [0, 0.05) is 7.11 Å². The number of ketones is 1. The second-order valence-corrected chi connectivity index (χ2v) is 4.36. The van der Waals surface area contributed by atoms with Crippen molar-refractivity contribution in [3.05, 3.63) is 35.4 Å². The molecule has 4 heteroatoms. The van der Waals surface area contributed by atoms with E-state index >= 15 is 0 Å². The van der Waals surface area contributed by atoms with Gasteiger partial charge in [0.1, 0.15) is 17.2 Å². The van der Waals surface area contributed by atoms with Gasteiger partial charge in [-0.15, -0.1) is 0 Å². The summed E-state index contributed by atoms with van der Waals surface area (Å²) in [6.07, 6.45) is 2.88. The van der Waals surface area contributed by atoms with Gasteiger partial charge in [-0.2, -0.15) is 0 Å². The fourth-order valence-corrected chi connectivity index (χ4v) is 2.39. The van der Waals surface area contributed by atoms with Crippen LogP contribution in [0.1, 0.15) is 36.0 Å². The zero-order valence-electron chi connectivity index (χ0n) is 9.63. The Morgan fingerprint density at radius 2 is 1.94 bits per heavy atom. The number of carbonyl (C=O) groups excluding carboxylic acids is 1. The Balaban J connectivity index is 2.39. The lowest BCUT2D eigenvalue weighted by molar-refractivity contribution is 0.00566. The van der Waals surface area contributed by atoms with E-state index in [4.69, 9.17) is 4.74 Å². The fraction of sp³-hybridized carbons (Fsp3) is 0.462. The highest BCUT2D eigenvalue weighted by Gasteiger charge is 2.42. The number of carbonyl (C=O) groups is 1. The number of Topliss-reactive ketones (excluding diaryl/α,β-unsaturated/α-hetero) is 1. The molecular weight excluding hydrogens is 226 g/mol. The van der Waals surface area contributed by atoms with Crippen LogP contribution in [0.4, 0.5) is 8.78 Å². The van der Waals surface area contributed by atoms with Crippen molar-refractivity contribution in [2.75, 3.05) is 7.11 Å². The first-order chi connectivity index (χ1) is 8.09. The maximum atomic E-state index is 13.5. The molecule has 1 aromatic rings. The van der Waals surface area contributed by atoms with Gasteiger partial charge in [0.15, 0.2) is 5.78 Å². The minimum absolute atomic E-state index is 0.214. The van der Waals surface area contributed by atoms with Crippen LogP contribution < -0.4 is 0 Å². The first-order valence-corrected chi connectivity index (χ1v) is 5.64. The van der Waals surface area contributed by atoms with E-state index in [1.54, 1.807) is 0 Å². The maximum absolute atomic E-state index is 13.5. The van der Waals surface area contributed by atoms with Crippen molar-refractivity contribution >= 4 is 5.78 Å². The second kappa shape index (κ2) is 4.53. The number of hydrogen-bond donors (Lipinski definition) is 0. The highest BCUT2D eigenvalue weighted by molar-refractivity contribution is 6.02. The Bertz CT molecular complexity index is 437. The van der Waals surface area contributed by atoms with Crippen LogP contribution in [-0.2, 0) is 4.74 Å². The number of methoxy groups -OCH3 is 1. The van der Waals surface area contributed by atoms with E-state index in [2.05, 4.69) is 0 Å². The molecular formula is C13H14F2O2. The molecule has 0 radical (unpaired) electrons. The van der Waals surface area contributed by atoms with Gasteiger partial charge in [-0.25, -0.2) is 8.78 Å². The minimum atomic E-state index is -0.964. The van der Waals surface area contributed by atoms with Gasteiger partial charge < -0.3 is 4.74 Å². The quantitative estimate of drug-likeness (QED) is 0.759. The van der Waals surface area contributed by atoms with Crippen LogP contribution in [0.25, 0.3) is 0 Å². The second-order valence-electron chi connectivity index (χ2n) is 4.36. The lowest BCUT2D eigenvalue weighted by Gasteiger charge is -2.25. The third kappa shape index (κ3) is 2.09. The molecule has 92 valence electrons. The number of hydrogen-bond acceptors (Lipinski definition) is 2. The molecule has 0 N–H and O–H groups in total. The summed E-state index contributed by atoms with van der Waals surface area (Å²) in [6.45, 7) is 0. The number of ether oxygens (including phenoxy) is 1. The Morgan fingerprint density at radius 3 is 2.53 bits per heavy atom. The summed E-state index contributed by atoms with van der Waals surface area (Å²) in [5.74, 6) is -1.76. The van der Waals surface area contributed by atoms with E-state index in [1.807, 2.05) is 0 Å². The number of halogens is 2. The molecule has 2 nitrogen and oxygen atoms in total. The number of rotatable bonds is 3. The average molecular weight is 240 g/mol. The zero-order valence-corrected chi connectivity index (χ0v) is 9.63. The molecule has 0 atom stereocenters. The normalized spacial score (nSPS) is 18.3. The first-order valence-electron chi connectivity index (χ1n) is 5.64. The van der Waals surface area contributed by atoms with Crippen molar-refractivity contribution in [1.29, 1.82) is 0 Å². The zero-order chi connectivity index (χ0) is 12.5. The smallest absolute Gasteiger partial charge is 0.197 e. The molecule has 0 aliphatic heterocycles. The van der Waals surface area contributed by atoms with Crippen LogP contribution in [0.15, 0.2) is 18.2 Å². The molecule has 0 amide bonds. The van der Waals surface area contributed by atoms with Crippen LogP contribution in [-0.4, -0.2) is 18.5 Å². The van der Waals surface area contributed by atoms with Crippen LogP contribution >= 0.6 is 0 Å². The fourth-order valence-electron chi connectivity index (χ4n) is 2.39. The van der Waals surface area contributed by atoms with Gasteiger partial charge in [0.2, 0.25) is 0 Å². The highest BCUT2D eigenvalue weighted by Crippen LogP contribution is 2.36. The maximum Gasteiger partial charge on any atom is 0.197 e. The first kappa shape index (κ1) is 12.2. The van der Waals surface area contributed by atoms with Gasteiger partial charge in [-0.3, -0.25) is 4.79 Å². The van der Waals surface area contributed by atoms with Crippen molar-refractivity contribution in [2.24, 2.45) is 0 Å². The van der Waals surface area contributed by atoms with Crippen LogP contribution in [0, 0.1) is 11.6 Å². The van der Waals surface area contributed by atoms with E-state index in [9.17, 15) is 13.6 Å². The average Bonchev–Trinajstić information content (AvgIpc) is 2.81. The van der Waals surface area contributed by atoms with E-state index in [-0.39, 0.29) is 5.56 Å². The predicted octanol–water partition coefficient (Wildman–Crippen LogP) is 3.11. The monoisotopic (exact) mass is 240 g/mol. The van der Waals surface area contributed by atoms with Crippen LogP contribution in [0.5, 0.6) is 0 Å². The summed E-state index contributed by atoms with van der Waals surface area (Å²) < 4.78 is 31.9. The molecule has 0 bridgehead atoms. The van der Waals surface area contributed by atoms with E-state index < -0.39 is 23.0 Å². The summed E-state index contributed by atoms with van der Waals surface area (Å²) in [5.41, 5.74) is -1.18. The molecule has 0 heterocycles. The largest absolute Gasteiger partial charge is 0.370 e. The van der Waals surface area contributed by atoms with Crippen molar-refractivity contribution in [3.8, 4) is 0 Å². The van der Waals surface area contributed by atoms with Crippen LogP contribution in [0.2, 0.25) is 0 Å².